The van der Waals surface area contributed by atoms with Crippen LogP contribution in [-0.2, 0) is 16.9 Å². The summed E-state index contributed by atoms with van der Waals surface area (Å²) in [5, 5.41) is 4.57. The van der Waals surface area contributed by atoms with Crippen LogP contribution in [0.1, 0.15) is 11.1 Å². The van der Waals surface area contributed by atoms with Gasteiger partial charge in [-0.3, -0.25) is 9.78 Å². The Hall–Kier alpha value is -5.03. The molecule has 41 heavy (non-hydrogen) atoms. The number of ether oxygens (including phenoxy) is 1. The van der Waals surface area contributed by atoms with E-state index in [-0.39, 0.29) is 16.3 Å². The van der Waals surface area contributed by atoms with Crippen LogP contribution in [0.15, 0.2) is 87.3 Å². The van der Waals surface area contributed by atoms with Gasteiger partial charge in [0.05, 0.1) is 4.90 Å². The number of aromatic nitrogens is 5. The number of pyridine rings is 2. The molecule has 4 heterocycles. The molecule has 0 atom stereocenters. The van der Waals surface area contributed by atoms with Crippen molar-refractivity contribution in [3.05, 3.63) is 94.5 Å². The average molecular weight is 568 g/mol. The van der Waals surface area contributed by atoms with Crippen molar-refractivity contribution >= 4 is 20.7 Å². The first-order valence-corrected chi connectivity index (χ1v) is 14.6. The molecule has 0 radical (unpaired) electrons. The summed E-state index contributed by atoms with van der Waals surface area (Å²) in [6.45, 7) is 3.89. The second kappa shape index (κ2) is 9.86. The van der Waals surface area contributed by atoms with Crippen molar-refractivity contribution in [3.63, 3.8) is 0 Å². The van der Waals surface area contributed by atoms with Crippen molar-refractivity contribution in [1.29, 1.82) is 0 Å². The van der Waals surface area contributed by atoms with Gasteiger partial charge in [-0.25, -0.2) is 8.42 Å². The lowest BCUT2D eigenvalue weighted by molar-refractivity contribution is 0.431. The maximum Gasteiger partial charge on any atom is 0.274 e. The van der Waals surface area contributed by atoms with Gasteiger partial charge in [0.15, 0.2) is 9.84 Å². The van der Waals surface area contributed by atoms with Crippen molar-refractivity contribution in [1.82, 2.24) is 24.7 Å². The summed E-state index contributed by atoms with van der Waals surface area (Å²) in [7, 11) is -1.91. The first-order chi connectivity index (χ1) is 19.6. The van der Waals surface area contributed by atoms with Gasteiger partial charge in [-0.15, -0.1) is 0 Å². The lowest BCUT2D eigenvalue weighted by atomic mass is 10.0. The molecule has 0 aliphatic rings. The smallest absolute Gasteiger partial charge is 0.274 e. The van der Waals surface area contributed by atoms with Gasteiger partial charge in [0.2, 0.25) is 5.82 Å². The van der Waals surface area contributed by atoms with E-state index in [1.165, 1.54) is 10.6 Å². The third kappa shape index (κ3) is 4.80. The number of benzene rings is 2. The van der Waals surface area contributed by atoms with Crippen molar-refractivity contribution in [2.75, 3.05) is 6.26 Å². The molecule has 6 rings (SSSR count). The number of fused-ring (bicyclic) bond motifs is 1. The summed E-state index contributed by atoms with van der Waals surface area (Å²) in [5.41, 5.74) is 3.92. The number of H-pyrrole nitrogens is 1. The molecular weight excluding hydrogens is 542 g/mol. The van der Waals surface area contributed by atoms with Crippen LogP contribution in [0.2, 0.25) is 0 Å². The predicted molar refractivity (Wildman–Crippen MR) is 155 cm³/mol. The highest BCUT2D eigenvalue weighted by Gasteiger charge is 2.22. The number of hydrogen-bond donors (Lipinski definition) is 1. The zero-order valence-electron chi connectivity index (χ0n) is 22.7. The van der Waals surface area contributed by atoms with Crippen LogP contribution >= 0.6 is 0 Å². The molecule has 4 aromatic heterocycles. The number of para-hydroxylation sites is 1. The minimum absolute atomic E-state index is 0.121. The second-order valence-corrected chi connectivity index (χ2v) is 11.8. The number of aryl methyl sites for hydroxylation is 3. The third-order valence-corrected chi connectivity index (χ3v) is 7.92. The van der Waals surface area contributed by atoms with Gasteiger partial charge in [0, 0.05) is 42.2 Å². The molecule has 0 bridgehead atoms. The lowest BCUT2D eigenvalue weighted by Crippen LogP contribution is -2.16. The van der Waals surface area contributed by atoms with Crippen LogP contribution in [0.5, 0.6) is 11.5 Å². The van der Waals surface area contributed by atoms with E-state index in [0.29, 0.717) is 50.7 Å². The molecule has 0 aliphatic heterocycles. The third-order valence-electron chi connectivity index (χ3n) is 6.81. The summed E-state index contributed by atoms with van der Waals surface area (Å²) < 4.78 is 38.5. The minimum Gasteiger partial charge on any atom is -0.456 e. The molecule has 0 saturated heterocycles. The van der Waals surface area contributed by atoms with E-state index in [1.54, 1.807) is 49.8 Å². The van der Waals surface area contributed by atoms with Gasteiger partial charge in [0.1, 0.15) is 28.4 Å². The van der Waals surface area contributed by atoms with Crippen LogP contribution in [0, 0.1) is 13.8 Å². The Kier molecular flexibility index (Phi) is 6.30. The van der Waals surface area contributed by atoms with Gasteiger partial charge < -0.3 is 18.8 Å². The normalized spacial score (nSPS) is 11.7. The number of nitrogens with one attached hydrogen (secondary N) is 1. The lowest BCUT2D eigenvalue weighted by Gasteiger charge is -2.17. The van der Waals surface area contributed by atoms with E-state index in [0.717, 1.165) is 17.4 Å². The number of rotatable bonds is 6. The molecule has 10 nitrogen and oxygen atoms in total. The predicted octanol–water partition coefficient (Wildman–Crippen LogP) is 5.46. The highest BCUT2D eigenvalue weighted by molar-refractivity contribution is 7.90. The summed E-state index contributed by atoms with van der Waals surface area (Å²) in [5.74, 6) is 1.58. The van der Waals surface area contributed by atoms with E-state index in [2.05, 4.69) is 20.1 Å². The maximum absolute atomic E-state index is 13.2. The zero-order chi connectivity index (χ0) is 28.9. The highest BCUT2D eigenvalue weighted by atomic mass is 32.2. The molecule has 206 valence electrons. The summed E-state index contributed by atoms with van der Waals surface area (Å²) in [4.78, 5) is 25.1. The molecule has 11 heteroatoms. The van der Waals surface area contributed by atoms with E-state index in [1.807, 2.05) is 38.1 Å². The molecule has 2 aromatic carbocycles. The summed E-state index contributed by atoms with van der Waals surface area (Å²) >= 11 is 0. The number of hydrogen-bond acceptors (Lipinski definition) is 8. The number of sulfone groups is 1. The van der Waals surface area contributed by atoms with E-state index < -0.39 is 9.84 Å². The Labute approximate surface area is 235 Å². The molecule has 0 unspecified atom stereocenters. The first-order valence-electron chi connectivity index (χ1n) is 12.7. The largest absolute Gasteiger partial charge is 0.456 e. The maximum atomic E-state index is 13.2. The second-order valence-electron chi connectivity index (χ2n) is 9.82. The fourth-order valence-corrected chi connectivity index (χ4v) is 5.35. The Balaban J connectivity index is 1.56. The van der Waals surface area contributed by atoms with Crippen LogP contribution in [0.25, 0.3) is 45.1 Å². The molecule has 6 aromatic rings. The summed E-state index contributed by atoms with van der Waals surface area (Å²) in [6.07, 6.45) is 4.44. The van der Waals surface area contributed by atoms with E-state index >= 15 is 0 Å². The van der Waals surface area contributed by atoms with Gasteiger partial charge in [0.25, 0.3) is 11.4 Å². The molecule has 0 spiro atoms. The van der Waals surface area contributed by atoms with Gasteiger partial charge in [-0.1, -0.05) is 29.4 Å². The number of aromatic amines is 1. The van der Waals surface area contributed by atoms with Crippen LogP contribution in [-0.4, -0.2) is 39.3 Å². The average Bonchev–Trinajstić information content (AvgIpc) is 3.61. The van der Waals surface area contributed by atoms with Crippen molar-refractivity contribution in [2.24, 2.45) is 7.05 Å². The fraction of sp³-hybridized carbons (Fsp3) is 0.133. The highest BCUT2D eigenvalue weighted by Crippen LogP contribution is 2.40. The van der Waals surface area contributed by atoms with Crippen molar-refractivity contribution in [2.45, 2.75) is 18.7 Å². The monoisotopic (exact) mass is 567 g/mol. The topological polar surface area (TPSA) is 133 Å². The first kappa shape index (κ1) is 26.2. The van der Waals surface area contributed by atoms with Crippen LogP contribution in [0.3, 0.4) is 0 Å². The van der Waals surface area contributed by atoms with Crippen LogP contribution < -0.4 is 10.3 Å². The molecule has 0 amide bonds. The van der Waals surface area contributed by atoms with E-state index in [9.17, 15) is 13.2 Å². The van der Waals surface area contributed by atoms with Gasteiger partial charge in [-0.2, -0.15) is 4.98 Å². The molecule has 0 aliphatic carbocycles. The molecule has 0 fully saturated rings. The van der Waals surface area contributed by atoms with Crippen LogP contribution in [0.4, 0.5) is 0 Å². The molecule has 1 N–H and O–H groups in total. The summed E-state index contributed by atoms with van der Waals surface area (Å²) in [6, 6.07) is 17.7. The molecular formula is C30H25N5O5S. The Bertz CT molecular complexity index is 2090. The fourth-order valence-electron chi connectivity index (χ4n) is 4.70. The number of nitrogens with zero attached hydrogens (tertiary/aromatic N) is 4. The van der Waals surface area contributed by atoms with Crippen molar-refractivity contribution < 1.29 is 17.7 Å². The van der Waals surface area contributed by atoms with Gasteiger partial charge in [-0.05, 0) is 61.4 Å². The Morgan fingerprint density at radius 2 is 1.76 bits per heavy atom. The Morgan fingerprint density at radius 1 is 0.976 bits per heavy atom. The minimum atomic E-state index is -3.54. The SMILES string of the molecule is Cc1cccc(C)c1Oc1ccc(S(C)(=O)=O)cc1-c1cn(C)c(=O)c2[nH]c(-c3nc(-c4ccccn4)no3)cc12. The standard InChI is InChI=1S/C30H25N5O5S/c1-17-8-7-9-18(2)27(17)39-25-12-11-19(41(4,37)38)14-20(25)22-16-35(3)30(36)26-21(22)15-24(32-26)29-33-28(34-40-29)23-10-5-6-13-31-23/h5-16,32H,1-4H3. The van der Waals surface area contributed by atoms with Gasteiger partial charge >= 0.3 is 0 Å². The molecule has 0 saturated carbocycles. The Morgan fingerprint density at radius 3 is 2.46 bits per heavy atom. The quantitative estimate of drug-likeness (QED) is 0.281. The van der Waals surface area contributed by atoms with Crippen molar-refractivity contribution in [3.8, 4) is 45.7 Å². The zero-order valence-corrected chi connectivity index (χ0v) is 23.5. The van der Waals surface area contributed by atoms with E-state index in [4.69, 9.17) is 9.26 Å².